The van der Waals surface area contributed by atoms with E-state index in [9.17, 15) is 9.59 Å². The van der Waals surface area contributed by atoms with Gasteiger partial charge in [-0.05, 0) is 37.3 Å². The van der Waals surface area contributed by atoms with Crippen LogP contribution in [0.15, 0.2) is 42.5 Å². The van der Waals surface area contributed by atoms with Gasteiger partial charge in [0.15, 0.2) is 5.78 Å². The topological polar surface area (TPSA) is 67.4 Å². The van der Waals surface area contributed by atoms with Crippen molar-refractivity contribution >= 4 is 34.7 Å². The maximum atomic E-state index is 12.0. The second kappa shape index (κ2) is 8.36. The third-order valence-corrected chi connectivity index (χ3v) is 3.68. The molecule has 1 amide bonds. The molecule has 0 saturated carbocycles. The van der Waals surface area contributed by atoms with Gasteiger partial charge in [0.2, 0.25) is 5.91 Å². The molecule has 0 aliphatic carbocycles. The fourth-order valence-corrected chi connectivity index (χ4v) is 2.39. The molecule has 0 aromatic heterocycles. The quantitative estimate of drug-likeness (QED) is 0.744. The minimum absolute atomic E-state index is 0.00720. The first-order chi connectivity index (χ1) is 11.5. The molecule has 0 aliphatic rings. The summed E-state index contributed by atoms with van der Waals surface area (Å²) in [5.41, 5.74) is 2.06. The van der Waals surface area contributed by atoms with Crippen molar-refractivity contribution in [1.82, 2.24) is 0 Å². The molecule has 0 atom stereocenters. The van der Waals surface area contributed by atoms with Gasteiger partial charge in [-0.3, -0.25) is 9.59 Å². The predicted molar refractivity (Wildman–Crippen MR) is 96.2 cm³/mol. The van der Waals surface area contributed by atoms with Crippen molar-refractivity contribution in [2.24, 2.45) is 0 Å². The number of amides is 1. The number of hydrogen-bond donors (Lipinski definition) is 2. The van der Waals surface area contributed by atoms with Crippen LogP contribution in [-0.4, -0.2) is 25.3 Å². The van der Waals surface area contributed by atoms with Gasteiger partial charge in [-0.1, -0.05) is 23.7 Å². The van der Waals surface area contributed by atoms with Gasteiger partial charge in [0.25, 0.3) is 0 Å². The zero-order valence-electron chi connectivity index (χ0n) is 13.6. The van der Waals surface area contributed by atoms with E-state index in [1.807, 2.05) is 6.07 Å². The third kappa shape index (κ3) is 4.99. The molecule has 0 radical (unpaired) electrons. The number of ether oxygens (including phenoxy) is 1. The van der Waals surface area contributed by atoms with Crippen LogP contribution in [0.5, 0.6) is 5.75 Å². The van der Waals surface area contributed by atoms with Crippen LogP contribution in [0.2, 0.25) is 5.02 Å². The molecule has 24 heavy (non-hydrogen) atoms. The number of hydrogen-bond acceptors (Lipinski definition) is 4. The number of Topliss-reactive ketones (excluding diaryl/α,β-unsaturated/α-hetero) is 1. The number of nitrogens with one attached hydrogen (secondary N) is 2. The maximum Gasteiger partial charge on any atom is 0.226 e. The Labute approximate surface area is 146 Å². The average Bonchev–Trinajstić information content (AvgIpc) is 2.55. The molecule has 2 aromatic carbocycles. The molecule has 0 aliphatic heterocycles. The molecule has 2 rings (SSSR count). The van der Waals surface area contributed by atoms with Crippen LogP contribution in [-0.2, 0) is 4.79 Å². The molecule has 2 N–H and O–H groups in total. The van der Waals surface area contributed by atoms with Crippen LogP contribution < -0.4 is 15.4 Å². The van der Waals surface area contributed by atoms with Gasteiger partial charge < -0.3 is 15.4 Å². The lowest BCUT2D eigenvalue weighted by molar-refractivity contribution is -0.115. The Hall–Kier alpha value is -2.53. The summed E-state index contributed by atoms with van der Waals surface area (Å²) in [6, 6.07) is 12.3. The second-order valence-corrected chi connectivity index (χ2v) is 5.62. The summed E-state index contributed by atoms with van der Waals surface area (Å²) in [5.74, 6) is 0.431. The van der Waals surface area contributed by atoms with Crippen molar-refractivity contribution in [2.45, 2.75) is 13.3 Å². The fraction of sp³-hybridized carbons (Fsp3) is 0.222. The molecule has 5 nitrogen and oxygen atoms in total. The zero-order valence-corrected chi connectivity index (χ0v) is 14.3. The number of carbonyl (C=O) groups is 2. The van der Waals surface area contributed by atoms with Gasteiger partial charge >= 0.3 is 0 Å². The number of halogens is 1. The molecule has 0 fully saturated rings. The molecule has 0 unspecified atom stereocenters. The van der Waals surface area contributed by atoms with Crippen LogP contribution in [0.3, 0.4) is 0 Å². The van der Waals surface area contributed by atoms with E-state index in [2.05, 4.69) is 10.6 Å². The Morgan fingerprint density at radius 2 is 1.92 bits per heavy atom. The van der Waals surface area contributed by atoms with E-state index < -0.39 is 0 Å². The molecule has 126 valence electrons. The summed E-state index contributed by atoms with van der Waals surface area (Å²) in [6.45, 7) is 1.98. The monoisotopic (exact) mass is 346 g/mol. The average molecular weight is 347 g/mol. The zero-order chi connectivity index (χ0) is 17.5. The van der Waals surface area contributed by atoms with Crippen LogP contribution >= 0.6 is 11.6 Å². The summed E-state index contributed by atoms with van der Waals surface area (Å²) in [4.78, 5) is 23.3. The van der Waals surface area contributed by atoms with E-state index in [-0.39, 0.29) is 18.1 Å². The largest absolute Gasteiger partial charge is 0.495 e. The lowest BCUT2D eigenvalue weighted by atomic mass is 10.1. The van der Waals surface area contributed by atoms with Crippen molar-refractivity contribution < 1.29 is 14.3 Å². The Balaban J connectivity index is 1.84. The summed E-state index contributed by atoms with van der Waals surface area (Å²) in [6.07, 6.45) is 0.286. The molecule has 0 bridgehead atoms. The van der Waals surface area contributed by atoms with Crippen molar-refractivity contribution in [3.63, 3.8) is 0 Å². The van der Waals surface area contributed by atoms with Gasteiger partial charge in [0, 0.05) is 29.9 Å². The van der Waals surface area contributed by atoms with Crippen LogP contribution in [0.4, 0.5) is 11.4 Å². The molecular formula is C18H19ClN2O3. The van der Waals surface area contributed by atoms with Crippen LogP contribution in [0.25, 0.3) is 0 Å². The number of carbonyl (C=O) groups excluding carboxylic acids is 2. The van der Waals surface area contributed by atoms with E-state index >= 15 is 0 Å². The van der Waals surface area contributed by atoms with E-state index in [1.165, 1.54) is 14.0 Å². The first-order valence-corrected chi connectivity index (χ1v) is 7.85. The first kappa shape index (κ1) is 17.8. The van der Waals surface area contributed by atoms with Crippen molar-refractivity contribution in [3.8, 4) is 5.75 Å². The van der Waals surface area contributed by atoms with Gasteiger partial charge in [-0.25, -0.2) is 0 Å². The highest BCUT2D eigenvalue weighted by molar-refractivity contribution is 6.32. The molecule has 0 spiro atoms. The summed E-state index contributed by atoms with van der Waals surface area (Å²) >= 11 is 6.02. The van der Waals surface area contributed by atoms with Gasteiger partial charge in [0.1, 0.15) is 5.75 Å². The Morgan fingerprint density at radius 1 is 1.12 bits per heavy atom. The third-order valence-electron chi connectivity index (χ3n) is 3.39. The predicted octanol–water partition coefficient (Wildman–Crippen LogP) is 3.99. The Morgan fingerprint density at radius 3 is 2.58 bits per heavy atom. The first-order valence-electron chi connectivity index (χ1n) is 7.48. The Kier molecular flexibility index (Phi) is 6.21. The fourth-order valence-electron chi connectivity index (χ4n) is 2.14. The lowest BCUT2D eigenvalue weighted by Gasteiger charge is -2.09. The van der Waals surface area contributed by atoms with E-state index in [4.69, 9.17) is 16.3 Å². The number of benzene rings is 2. The van der Waals surface area contributed by atoms with E-state index in [0.717, 1.165) is 5.69 Å². The minimum atomic E-state index is -0.133. The number of ketones is 1. The molecule has 0 heterocycles. The van der Waals surface area contributed by atoms with Gasteiger partial charge in [-0.2, -0.15) is 0 Å². The van der Waals surface area contributed by atoms with Crippen molar-refractivity contribution in [1.29, 1.82) is 0 Å². The normalized spacial score (nSPS) is 10.1. The smallest absolute Gasteiger partial charge is 0.226 e. The molecular weight excluding hydrogens is 328 g/mol. The van der Waals surface area contributed by atoms with E-state index in [1.54, 1.807) is 36.4 Å². The molecule has 2 aromatic rings. The minimum Gasteiger partial charge on any atom is -0.495 e. The summed E-state index contributed by atoms with van der Waals surface area (Å²) < 4.78 is 5.07. The standard InChI is InChI=1S/C18H19ClN2O3/c1-12(22)13-4-3-5-14(10-13)20-9-8-18(23)21-15-6-7-17(24-2)16(19)11-15/h3-7,10-11,20H,8-9H2,1-2H3,(H,21,23). The highest BCUT2D eigenvalue weighted by Crippen LogP contribution is 2.27. The molecule has 6 heteroatoms. The maximum absolute atomic E-state index is 12.0. The van der Waals surface area contributed by atoms with Gasteiger partial charge in [-0.15, -0.1) is 0 Å². The number of rotatable bonds is 7. The van der Waals surface area contributed by atoms with Crippen LogP contribution in [0.1, 0.15) is 23.7 Å². The van der Waals surface area contributed by atoms with E-state index in [0.29, 0.717) is 28.6 Å². The highest BCUT2D eigenvalue weighted by Gasteiger charge is 2.06. The van der Waals surface area contributed by atoms with Crippen molar-refractivity contribution in [2.75, 3.05) is 24.3 Å². The SMILES string of the molecule is COc1ccc(NC(=O)CCNc2cccc(C(C)=O)c2)cc1Cl. The highest BCUT2D eigenvalue weighted by atomic mass is 35.5. The second-order valence-electron chi connectivity index (χ2n) is 5.21. The lowest BCUT2D eigenvalue weighted by Crippen LogP contribution is -2.16. The number of anilines is 2. The van der Waals surface area contributed by atoms with Crippen LogP contribution in [0, 0.1) is 0 Å². The Bertz CT molecular complexity index is 747. The number of methoxy groups -OCH3 is 1. The molecule has 0 saturated heterocycles. The summed E-state index contributed by atoms with van der Waals surface area (Å²) in [5, 5.41) is 6.34. The van der Waals surface area contributed by atoms with Crippen molar-refractivity contribution in [3.05, 3.63) is 53.1 Å². The summed E-state index contributed by atoms with van der Waals surface area (Å²) in [7, 11) is 1.53. The van der Waals surface area contributed by atoms with Gasteiger partial charge in [0.05, 0.1) is 12.1 Å².